The van der Waals surface area contributed by atoms with E-state index >= 15 is 0 Å². The van der Waals surface area contributed by atoms with Crippen LogP contribution >= 0.6 is 0 Å². The lowest BCUT2D eigenvalue weighted by molar-refractivity contribution is 0.0951. The molecule has 6 nitrogen and oxygen atoms in total. The maximum atomic E-state index is 14.6. The highest BCUT2D eigenvalue weighted by Gasteiger charge is 2.14. The van der Waals surface area contributed by atoms with Gasteiger partial charge in [-0.2, -0.15) is 0 Å². The van der Waals surface area contributed by atoms with E-state index in [1.165, 1.54) is 24.4 Å². The Morgan fingerprint density at radius 3 is 2.65 bits per heavy atom. The van der Waals surface area contributed by atoms with E-state index < -0.39 is 11.6 Å². The molecular formula is C23H19F2N5O. The van der Waals surface area contributed by atoms with Crippen molar-refractivity contribution in [1.29, 1.82) is 0 Å². The molecular weight excluding hydrogens is 400 g/mol. The molecule has 4 aromatic rings. The van der Waals surface area contributed by atoms with Gasteiger partial charge in [0.05, 0.1) is 11.3 Å². The summed E-state index contributed by atoms with van der Waals surface area (Å²) < 4.78 is 29.7. The summed E-state index contributed by atoms with van der Waals surface area (Å²) in [5, 5.41) is 5.72. The molecule has 0 aliphatic heterocycles. The number of imidazole rings is 1. The first kappa shape index (κ1) is 20.2. The fourth-order valence-corrected chi connectivity index (χ4v) is 3.16. The molecule has 156 valence electrons. The highest BCUT2D eigenvalue weighted by Crippen LogP contribution is 2.20. The Balaban J connectivity index is 1.47. The van der Waals surface area contributed by atoms with Gasteiger partial charge in [-0.05, 0) is 55.0 Å². The SMILES string of the molecule is Cc1nccn1-c1ccc(CNC(=O)c2cccnc2Nc2cccc(F)c2)cc1F. The maximum absolute atomic E-state index is 14.6. The second-order valence-electron chi connectivity index (χ2n) is 6.85. The highest BCUT2D eigenvalue weighted by atomic mass is 19.1. The number of anilines is 2. The molecule has 2 aromatic heterocycles. The molecule has 31 heavy (non-hydrogen) atoms. The third-order valence-electron chi connectivity index (χ3n) is 4.69. The van der Waals surface area contributed by atoms with Crippen LogP contribution in [0.4, 0.5) is 20.3 Å². The molecule has 0 atom stereocenters. The normalized spacial score (nSPS) is 10.7. The number of rotatable bonds is 6. The Labute approximate surface area is 177 Å². The van der Waals surface area contributed by atoms with Gasteiger partial charge in [0.15, 0.2) is 0 Å². The van der Waals surface area contributed by atoms with E-state index in [0.717, 1.165) is 0 Å². The third-order valence-corrected chi connectivity index (χ3v) is 4.69. The summed E-state index contributed by atoms with van der Waals surface area (Å²) in [7, 11) is 0. The number of nitrogens with one attached hydrogen (secondary N) is 2. The van der Waals surface area contributed by atoms with E-state index in [4.69, 9.17) is 0 Å². The predicted octanol–water partition coefficient (Wildman–Crippen LogP) is 4.53. The Morgan fingerprint density at radius 2 is 1.90 bits per heavy atom. The van der Waals surface area contributed by atoms with Crippen molar-refractivity contribution in [2.24, 2.45) is 0 Å². The Hall–Kier alpha value is -4.07. The van der Waals surface area contributed by atoms with Crippen LogP contribution in [-0.2, 0) is 6.54 Å². The zero-order valence-corrected chi connectivity index (χ0v) is 16.6. The molecule has 0 radical (unpaired) electrons. The summed E-state index contributed by atoms with van der Waals surface area (Å²) in [5.74, 6) is -0.231. The van der Waals surface area contributed by atoms with Crippen LogP contribution in [0.25, 0.3) is 5.69 Å². The van der Waals surface area contributed by atoms with Gasteiger partial charge >= 0.3 is 0 Å². The van der Waals surface area contributed by atoms with Gasteiger partial charge in [-0.1, -0.05) is 12.1 Å². The molecule has 0 spiro atoms. The zero-order valence-electron chi connectivity index (χ0n) is 16.6. The minimum atomic E-state index is -0.414. The van der Waals surface area contributed by atoms with Gasteiger partial charge in [-0.25, -0.2) is 18.7 Å². The first-order valence-electron chi connectivity index (χ1n) is 9.56. The molecule has 4 rings (SSSR count). The van der Waals surface area contributed by atoms with Crippen LogP contribution in [0.2, 0.25) is 0 Å². The molecule has 0 saturated carbocycles. The topological polar surface area (TPSA) is 71.8 Å². The first-order chi connectivity index (χ1) is 15.0. The second-order valence-corrected chi connectivity index (χ2v) is 6.85. The fourth-order valence-electron chi connectivity index (χ4n) is 3.16. The molecule has 1 amide bonds. The van der Waals surface area contributed by atoms with E-state index in [0.29, 0.717) is 28.6 Å². The number of benzene rings is 2. The number of carbonyl (C=O) groups is 1. The number of carbonyl (C=O) groups excluding carboxylic acids is 1. The molecule has 0 aliphatic carbocycles. The molecule has 8 heteroatoms. The smallest absolute Gasteiger partial charge is 0.255 e. The van der Waals surface area contributed by atoms with Crippen LogP contribution in [-0.4, -0.2) is 20.4 Å². The van der Waals surface area contributed by atoms with E-state index in [-0.39, 0.29) is 18.0 Å². The molecule has 0 aliphatic rings. The predicted molar refractivity (Wildman–Crippen MR) is 113 cm³/mol. The van der Waals surface area contributed by atoms with Crippen LogP contribution in [0, 0.1) is 18.6 Å². The zero-order chi connectivity index (χ0) is 21.8. The van der Waals surface area contributed by atoms with Crippen LogP contribution in [0.15, 0.2) is 73.2 Å². The summed E-state index contributed by atoms with van der Waals surface area (Å²) in [6.07, 6.45) is 4.82. The minimum absolute atomic E-state index is 0.132. The highest BCUT2D eigenvalue weighted by molar-refractivity contribution is 5.99. The van der Waals surface area contributed by atoms with Gasteiger partial charge in [0, 0.05) is 30.8 Å². The van der Waals surface area contributed by atoms with Crippen molar-refractivity contribution in [3.8, 4) is 5.69 Å². The van der Waals surface area contributed by atoms with Crippen molar-refractivity contribution in [3.63, 3.8) is 0 Å². The van der Waals surface area contributed by atoms with Gasteiger partial charge in [0.25, 0.3) is 5.91 Å². The van der Waals surface area contributed by atoms with Gasteiger partial charge < -0.3 is 15.2 Å². The van der Waals surface area contributed by atoms with Crippen LogP contribution in [0.5, 0.6) is 0 Å². The lowest BCUT2D eigenvalue weighted by atomic mass is 10.1. The molecule has 0 saturated heterocycles. The lowest BCUT2D eigenvalue weighted by Crippen LogP contribution is -2.24. The van der Waals surface area contributed by atoms with Crippen molar-refractivity contribution in [3.05, 3.63) is 102 Å². The number of hydrogen-bond acceptors (Lipinski definition) is 4. The van der Waals surface area contributed by atoms with Gasteiger partial charge in [0.1, 0.15) is 23.3 Å². The Kier molecular flexibility index (Phi) is 5.70. The summed E-state index contributed by atoms with van der Waals surface area (Å²) in [6.45, 7) is 1.92. The van der Waals surface area contributed by atoms with Gasteiger partial charge in [0.2, 0.25) is 0 Å². The number of aryl methyl sites for hydroxylation is 1. The number of amides is 1. The van der Waals surface area contributed by atoms with E-state index in [2.05, 4.69) is 20.6 Å². The molecule has 2 aromatic carbocycles. The lowest BCUT2D eigenvalue weighted by Gasteiger charge is -2.12. The molecule has 0 bridgehead atoms. The average molecular weight is 419 g/mol. The Morgan fingerprint density at radius 1 is 1.03 bits per heavy atom. The number of halogens is 2. The van der Waals surface area contributed by atoms with E-state index in [1.807, 2.05) is 0 Å². The molecule has 2 N–H and O–H groups in total. The summed E-state index contributed by atoms with van der Waals surface area (Å²) in [5.41, 5.74) is 1.76. The summed E-state index contributed by atoms with van der Waals surface area (Å²) >= 11 is 0. The third kappa shape index (κ3) is 4.58. The average Bonchev–Trinajstić information content (AvgIpc) is 3.18. The maximum Gasteiger partial charge on any atom is 0.255 e. The van der Waals surface area contributed by atoms with Crippen LogP contribution in [0.3, 0.4) is 0 Å². The largest absolute Gasteiger partial charge is 0.348 e. The van der Waals surface area contributed by atoms with Gasteiger partial charge in [-0.15, -0.1) is 0 Å². The number of nitrogens with zero attached hydrogens (tertiary/aromatic N) is 3. The Bertz CT molecular complexity index is 1240. The number of aromatic nitrogens is 3. The number of pyridine rings is 1. The fraction of sp³-hybridized carbons (Fsp3) is 0.0870. The van der Waals surface area contributed by atoms with E-state index in [1.54, 1.807) is 60.3 Å². The van der Waals surface area contributed by atoms with Crippen molar-refractivity contribution in [2.75, 3.05) is 5.32 Å². The molecule has 2 heterocycles. The second kappa shape index (κ2) is 8.74. The number of hydrogen-bond donors (Lipinski definition) is 2. The molecule has 0 fully saturated rings. The monoisotopic (exact) mass is 419 g/mol. The quantitative estimate of drug-likeness (QED) is 0.482. The minimum Gasteiger partial charge on any atom is -0.348 e. The standard InChI is InChI=1S/C23H19F2N5O/c1-15-26-10-11-30(15)21-8-7-16(12-20(21)25)14-28-23(31)19-6-3-9-27-22(19)29-18-5-2-4-17(24)13-18/h2-13H,14H2,1H3,(H,27,29)(H,28,31). The van der Waals surface area contributed by atoms with E-state index in [9.17, 15) is 13.6 Å². The van der Waals surface area contributed by atoms with Crippen molar-refractivity contribution in [1.82, 2.24) is 19.9 Å². The summed E-state index contributed by atoms with van der Waals surface area (Å²) in [6, 6.07) is 13.9. The summed E-state index contributed by atoms with van der Waals surface area (Å²) in [4.78, 5) is 21.0. The van der Waals surface area contributed by atoms with Gasteiger partial charge in [-0.3, -0.25) is 4.79 Å². The van der Waals surface area contributed by atoms with Crippen molar-refractivity contribution >= 4 is 17.4 Å². The van der Waals surface area contributed by atoms with Crippen molar-refractivity contribution < 1.29 is 13.6 Å². The molecule has 0 unspecified atom stereocenters. The first-order valence-corrected chi connectivity index (χ1v) is 9.56. The van der Waals surface area contributed by atoms with Crippen molar-refractivity contribution in [2.45, 2.75) is 13.5 Å². The van der Waals surface area contributed by atoms with Crippen LogP contribution in [0.1, 0.15) is 21.7 Å². The van der Waals surface area contributed by atoms with Crippen LogP contribution < -0.4 is 10.6 Å².